The van der Waals surface area contributed by atoms with Crippen LogP contribution < -0.4 is 20.3 Å². The highest BCUT2D eigenvalue weighted by molar-refractivity contribution is 6.00. The standard InChI is InChI=1S/C27H26N6O3/c1-3-25(34)30-20-6-4-5-18(13-20)22-17-28-15-19-16-29-27(32-26(19)22)31-23-8-7-21(14-24(23)35-2)33-9-11-36-12-10-33/h3-8,13-17H,1,9-12H2,2H3,(H,30,34)(H,29,31,32). The molecule has 0 unspecified atom stereocenters. The monoisotopic (exact) mass is 482 g/mol. The van der Waals surface area contributed by atoms with Crippen LogP contribution >= 0.6 is 0 Å². The minimum absolute atomic E-state index is 0.273. The van der Waals surface area contributed by atoms with Gasteiger partial charge in [-0.2, -0.15) is 0 Å². The van der Waals surface area contributed by atoms with Gasteiger partial charge in [-0.1, -0.05) is 18.7 Å². The summed E-state index contributed by atoms with van der Waals surface area (Å²) >= 11 is 0. The van der Waals surface area contributed by atoms with Crippen molar-refractivity contribution in [1.82, 2.24) is 15.0 Å². The van der Waals surface area contributed by atoms with Crippen molar-refractivity contribution < 1.29 is 14.3 Å². The molecule has 2 aromatic heterocycles. The Balaban J connectivity index is 1.46. The van der Waals surface area contributed by atoms with E-state index in [2.05, 4.69) is 38.1 Å². The summed E-state index contributed by atoms with van der Waals surface area (Å²) in [6.07, 6.45) is 6.45. The van der Waals surface area contributed by atoms with Gasteiger partial charge in [-0.25, -0.2) is 9.97 Å². The second kappa shape index (κ2) is 10.4. The van der Waals surface area contributed by atoms with Gasteiger partial charge in [0, 0.05) is 60.1 Å². The number of amides is 1. The third kappa shape index (κ3) is 4.96. The molecule has 1 fully saturated rings. The van der Waals surface area contributed by atoms with E-state index in [4.69, 9.17) is 14.5 Å². The number of hydrogen-bond donors (Lipinski definition) is 2. The van der Waals surface area contributed by atoms with Crippen molar-refractivity contribution in [2.45, 2.75) is 0 Å². The number of benzene rings is 2. The van der Waals surface area contributed by atoms with E-state index in [9.17, 15) is 4.79 Å². The van der Waals surface area contributed by atoms with Gasteiger partial charge in [0.1, 0.15) is 5.75 Å². The highest BCUT2D eigenvalue weighted by atomic mass is 16.5. The molecular weight excluding hydrogens is 456 g/mol. The van der Waals surface area contributed by atoms with Gasteiger partial charge in [0.2, 0.25) is 11.9 Å². The molecule has 1 aliphatic heterocycles. The number of morpholine rings is 1. The van der Waals surface area contributed by atoms with Crippen LogP contribution in [0.25, 0.3) is 22.0 Å². The van der Waals surface area contributed by atoms with Crippen LogP contribution in [0.15, 0.2) is 73.7 Å². The van der Waals surface area contributed by atoms with Gasteiger partial charge in [-0.05, 0) is 35.9 Å². The van der Waals surface area contributed by atoms with E-state index in [-0.39, 0.29) is 5.91 Å². The average molecular weight is 483 g/mol. The van der Waals surface area contributed by atoms with Gasteiger partial charge < -0.3 is 25.0 Å². The summed E-state index contributed by atoms with van der Waals surface area (Å²) in [7, 11) is 1.65. The predicted octanol–water partition coefficient (Wildman–Crippen LogP) is 4.41. The van der Waals surface area contributed by atoms with Crippen LogP contribution in [-0.4, -0.2) is 54.3 Å². The molecule has 2 aromatic carbocycles. The van der Waals surface area contributed by atoms with Crippen LogP contribution in [0.5, 0.6) is 5.75 Å². The maximum Gasteiger partial charge on any atom is 0.247 e. The first-order valence-corrected chi connectivity index (χ1v) is 11.6. The van der Waals surface area contributed by atoms with E-state index in [1.807, 2.05) is 36.4 Å². The zero-order chi connectivity index (χ0) is 24.9. The molecule has 1 amide bonds. The Kier molecular flexibility index (Phi) is 6.72. The summed E-state index contributed by atoms with van der Waals surface area (Å²) in [6.45, 7) is 6.63. The molecule has 0 aliphatic carbocycles. The van der Waals surface area contributed by atoms with Crippen LogP contribution in [0.3, 0.4) is 0 Å². The smallest absolute Gasteiger partial charge is 0.247 e. The van der Waals surface area contributed by atoms with E-state index in [0.29, 0.717) is 30.6 Å². The summed E-state index contributed by atoms with van der Waals surface area (Å²) in [5, 5.41) is 6.88. The van der Waals surface area contributed by atoms with E-state index in [1.165, 1.54) is 6.08 Å². The number of ether oxygens (including phenoxy) is 2. The van der Waals surface area contributed by atoms with Gasteiger partial charge in [0.05, 0.1) is 31.5 Å². The first-order chi connectivity index (χ1) is 17.6. The van der Waals surface area contributed by atoms with Crippen molar-refractivity contribution in [3.63, 3.8) is 0 Å². The lowest BCUT2D eigenvalue weighted by molar-refractivity contribution is -0.111. The minimum Gasteiger partial charge on any atom is -0.494 e. The number of nitrogens with one attached hydrogen (secondary N) is 2. The molecule has 2 N–H and O–H groups in total. The fraction of sp³-hybridized carbons (Fsp3) is 0.185. The minimum atomic E-state index is -0.273. The number of hydrogen-bond acceptors (Lipinski definition) is 8. The molecule has 1 aliphatic rings. The van der Waals surface area contributed by atoms with Crippen LogP contribution in [-0.2, 0) is 9.53 Å². The molecule has 9 nitrogen and oxygen atoms in total. The maximum absolute atomic E-state index is 11.7. The van der Waals surface area contributed by atoms with Gasteiger partial charge in [-0.3, -0.25) is 9.78 Å². The van der Waals surface area contributed by atoms with Crippen molar-refractivity contribution >= 4 is 39.8 Å². The van der Waals surface area contributed by atoms with Gasteiger partial charge in [0.25, 0.3) is 0 Å². The number of carbonyl (C=O) groups excluding carboxylic acids is 1. The number of carbonyl (C=O) groups is 1. The molecule has 4 aromatic rings. The second-order valence-corrected chi connectivity index (χ2v) is 8.20. The Morgan fingerprint density at radius 1 is 1.14 bits per heavy atom. The lowest BCUT2D eigenvalue weighted by Gasteiger charge is -2.29. The summed E-state index contributed by atoms with van der Waals surface area (Å²) < 4.78 is 11.1. The Hall–Kier alpha value is -4.50. The summed E-state index contributed by atoms with van der Waals surface area (Å²) in [6, 6.07) is 13.5. The van der Waals surface area contributed by atoms with Crippen LogP contribution in [0.2, 0.25) is 0 Å². The molecule has 0 bridgehead atoms. The molecule has 5 rings (SSSR count). The van der Waals surface area contributed by atoms with Crippen LogP contribution in [0, 0.1) is 0 Å². The van der Waals surface area contributed by atoms with Crippen LogP contribution in [0.1, 0.15) is 0 Å². The average Bonchev–Trinajstić information content (AvgIpc) is 2.93. The fourth-order valence-electron chi connectivity index (χ4n) is 4.11. The Morgan fingerprint density at radius 2 is 2.00 bits per heavy atom. The topological polar surface area (TPSA) is 102 Å². The zero-order valence-corrected chi connectivity index (χ0v) is 19.9. The first-order valence-electron chi connectivity index (χ1n) is 11.6. The Bertz CT molecular complexity index is 1420. The summed E-state index contributed by atoms with van der Waals surface area (Å²) in [4.78, 5) is 27.6. The Labute approximate surface area is 208 Å². The number of methoxy groups -OCH3 is 1. The molecule has 3 heterocycles. The quantitative estimate of drug-likeness (QED) is 0.374. The molecule has 36 heavy (non-hydrogen) atoms. The van der Waals surface area contributed by atoms with Gasteiger partial charge >= 0.3 is 0 Å². The van der Waals surface area contributed by atoms with Crippen molar-refractivity contribution in [1.29, 1.82) is 0 Å². The van der Waals surface area contributed by atoms with E-state index < -0.39 is 0 Å². The van der Waals surface area contributed by atoms with E-state index in [0.717, 1.165) is 46.5 Å². The highest BCUT2D eigenvalue weighted by Gasteiger charge is 2.15. The molecule has 0 spiro atoms. The molecule has 0 radical (unpaired) electrons. The lowest BCUT2D eigenvalue weighted by Crippen LogP contribution is -2.36. The van der Waals surface area contributed by atoms with Gasteiger partial charge in [-0.15, -0.1) is 0 Å². The zero-order valence-electron chi connectivity index (χ0n) is 19.9. The summed E-state index contributed by atoms with van der Waals surface area (Å²) in [5.41, 5.74) is 4.93. The number of rotatable bonds is 7. The van der Waals surface area contributed by atoms with Crippen molar-refractivity contribution in [2.75, 3.05) is 48.9 Å². The predicted molar refractivity (Wildman–Crippen MR) is 141 cm³/mol. The molecule has 0 atom stereocenters. The van der Waals surface area contributed by atoms with E-state index in [1.54, 1.807) is 25.7 Å². The van der Waals surface area contributed by atoms with Crippen LogP contribution in [0.4, 0.5) is 23.0 Å². The highest BCUT2D eigenvalue weighted by Crippen LogP contribution is 2.33. The normalized spacial score (nSPS) is 13.3. The maximum atomic E-state index is 11.7. The Morgan fingerprint density at radius 3 is 2.81 bits per heavy atom. The summed E-state index contributed by atoms with van der Waals surface area (Å²) in [5.74, 6) is 0.859. The first kappa shape index (κ1) is 23.3. The largest absolute Gasteiger partial charge is 0.494 e. The fourth-order valence-corrected chi connectivity index (χ4v) is 4.11. The SMILES string of the molecule is C=CC(=O)Nc1cccc(-c2cncc3cnc(Nc4ccc(N5CCOCC5)cc4OC)nc23)c1. The number of fused-ring (bicyclic) bond motifs is 1. The third-order valence-corrected chi connectivity index (χ3v) is 5.92. The molecule has 0 saturated carbocycles. The molecular formula is C27H26N6O3. The molecule has 182 valence electrons. The van der Waals surface area contributed by atoms with Crippen molar-refractivity contribution in [3.05, 3.63) is 73.7 Å². The second-order valence-electron chi connectivity index (χ2n) is 8.20. The van der Waals surface area contributed by atoms with Gasteiger partial charge in [0.15, 0.2) is 0 Å². The lowest BCUT2D eigenvalue weighted by atomic mass is 10.0. The van der Waals surface area contributed by atoms with Crippen molar-refractivity contribution in [2.24, 2.45) is 0 Å². The van der Waals surface area contributed by atoms with E-state index >= 15 is 0 Å². The van der Waals surface area contributed by atoms with Crippen molar-refractivity contribution in [3.8, 4) is 16.9 Å². The molecule has 1 saturated heterocycles. The molecule has 9 heteroatoms. The number of aromatic nitrogens is 3. The number of pyridine rings is 1. The number of nitrogens with zero attached hydrogens (tertiary/aromatic N) is 4. The third-order valence-electron chi connectivity index (χ3n) is 5.92. The number of anilines is 4.